The molecule has 21 heavy (non-hydrogen) atoms. The maximum atomic E-state index is 12.3. The lowest BCUT2D eigenvalue weighted by molar-refractivity contribution is -0.169. The highest BCUT2D eigenvalue weighted by atomic mass is 32.1. The van der Waals surface area contributed by atoms with Gasteiger partial charge in [0.15, 0.2) is 0 Å². The first-order valence-corrected chi connectivity index (χ1v) is 7.40. The van der Waals surface area contributed by atoms with E-state index in [4.69, 9.17) is 9.47 Å². The van der Waals surface area contributed by atoms with Crippen molar-refractivity contribution in [2.75, 3.05) is 6.61 Å². The average molecular weight is 314 g/mol. The van der Waals surface area contributed by atoms with E-state index in [-0.39, 0.29) is 19.6 Å². The highest BCUT2D eigenvalue weighted by molar-refractivity contribution is 7.07. The lowest BCUT2D eigenvalue weighted by Crippen LogP contribution is -2.60. The summed E-state index contributed by atoms with van der Waals surface area (Å²) in [5, 5.41) is 4.08. The Labute approximate surface area is 126 Å². The molecule has 0 saturated carbocycles. The summed E-state index contributed by atoms with van der Waals surface area (Å²) in [5.74, 6) is -2.20. The quantitative estimate of drug-likeness (QED) is 0.597. The maximum absolute atomic E-state index is 12.3. The zero-order valence-corrected chi connectivity index (χ0v) is 13.0. The Kier molecular flexibility index (Phi) is 6.29. The number of nitrogens with zero attached hydrogens (tertiary/aromatic N) is 1. The lowest BCUT2D eigenvalue weighted by Gasteiger charge is -2.28. The minimum absolute atomic E-state index is 0.0291. The second kappa shape index (κ2) is 7.72. The van der Waals surface area contributed by atoms with Gasteiger partial charge in [0, 0.05) is 12.3 Å². The first kappa shape index (κ1) is 17.1. The van der Waals surface area contributed by atoms with Crippen molar-refractivity contribution in [1.82, 2.24) is 10.3 Å². The number of hydrogen-bond acceptors (Lipinski definition) is 7. The van der Waals surface area contributed by atoms with E-state index < -0.39 is 23.4 Å². The summed E-state index contributed by atoms with van der Waals surface area (Å²) >= 11 is 1.37. The molecule has 0 fully saturated rings. The predicted molar refractivity (Wildman–Crippen MR) is 75.4 cm³/mol. The standard InChI is InChI=1S/C13H18N2O5S/c1-4-13(15-9(3)16,11(17)19-5-2)12(18)20-6-10-7-21-8-14-10/h7-8H,4-6H2,1-3H3,(H,15,16). The Morgan fingerprint density at radius 3 is 2.43 bits per heavy atom. The summed E-state index contributed by atoms with van der Waals surface area (Å²) < 4.78 is 9.99. The molecule has 1 rings (SSSR count). The molecule has 0 aliphatic carbocycles. The van der Waals surface area contributed by atoms with E-state index in [0.717, 1.165) is 0 Å². The number of rotatable bonds is 7. The van der Waals surface area contributed by atoms with Crippen LogP contribution in [0.3, 0.4) is 0 Å². The van der Waals surface area contributed by atoms with Crippen LogP contribution < -0.4 is 5.32 Å². The fraction of sp³-hybridized carbons (Fsp3) is 0.538. The normalized spacial score (nSPS) is 13.1. The van der Waals surface area contributed by atoms with Gasteiger partial charge in [-0.25, -0.2) is 14.6 Å². The van der Waals surface area contributed by atoms with Crippen molar-refractivity contribution in [1.29, 1.82) is 0 Å². The number of carbonyl (C=O) groups is 3. The molecule has 0 radical (unpaired) electrons. The second-order valence-electron chi connectivity index (χ2n) is 4.22. The predicted octanol–water partition coefficient (Wildman–Crippen LogP) is 1.03. The van der Waals surface area contributed by atoms with Gasteiger partial charge in [0.25, 0.3) is 0 Å². The Morgan fingerprint density at radius 1 is 1.29 bits per heavy atom. The van der Waals surface area contributed by atoms with Gasteiger partial charge in [-0.05, 0) is 13.3 Å². The van der Waals surface area contributed by atoms with Crippen molar-refractivity contribution >= 4 is 29.2 Å². The molecule has 7 nitrogen and oxygen atoms in total. The zero-order valence-electron chi connectivity index (χ0n) is 12.2. The summed E-state index contributed by atoms with van der Waals surface area (Å²) in [6.45, 7) is 4.46. The third-order valence-electron chi connectivity index (χ3n) is 2.73. The molecule has 1 unspecified atom stereocenters. The van der Waals surface area contributed by atoms with Crippen LogP contribution in [0.5, 0.6) is 0 Å². The molecular weight excluding hydrogens is 296 g/mol. The van der Waals surface area contributed by atoms with Crippen LogP contribution in [0.2, 0.25) is 0 Å². The highest BCUT2D eigenvalue weighted by Gasteiger charge is 2.48. The third kappa shape index (κ3) is 4.25. The highest BCUT2D eigenvalue weighted by Crippen LogP contribution is 2.17. The molecule has 0 saturated heterocycles. The van der Waals surface area contributed by atoms with Gasteiger partial charge in [-0.2, -0.15) is 0 Å². The Bertz CT molecular complexity index is 503. The Hall–Kier alpha value is -1.96. The van der Waals surface area contributed by atoms with Crippen molar-refractivity contribution in [3.05, 3.63) is 16.6 Å². The van der Waals surface area contributed by atoms with Gasteiger partial charge in [0.1, 0.15) is 6.61 Å². The molecule has 116 valence electrons. The maximum Gasteiger partial charge on any atom is 0.344 e. The zero-order chi connectivity index (χ0) is 15.9. The number of ether oxygens (including phenoxy) is 2. The SMILES string of the molecule is CCOC(=O)C(CC)(NC(C)=O)C(=O)OCc1cscn1. The molecule has 8 heteroatoms. The largest absolute Gasteiger partial charge is 0.464 e. The Morgan fingerprint density at radius 2 is 1.95 bits per heavy atom. The van der Waals surface area contributed by atoms with Gasteiger partial charge < -0.3 is 14.8 Å². The van der Waals surface area contributed by atoms with Crippen LogP contribution in [0.4, 0.5) is 0 Å². The summed E-state index contributed by atoms with van der Waals surface area (Å²) in [6.07, 6.45) is 0.0291. The van der Waals surface area contributed by atoms with E-state index in [9.17, 15) is 14.4 Å². The van der Waals surface area contributed by atoms with Crippen LogP contribution >= 0.6 is 11.3 Å². The van der Waals surface area contributed by atoms with E-state index in [1.54, 1.807) is 24.7 Å². The molecule has 1 N–H and O–H groups in total. The van der Waals surface area contributed by atoms with Crippen LogP contribution in [0.15, 0.2) is 10.9 Å². The first-order chi connectivity index (χ1) is 9.96. The summed E-state index contributed by atoms with van der Waals surface area (Å²) in [5.41, 5.74) is 0.359. The molecule has 1 atom stereocenters. The van der Waals surface area contributed by atoms with Crippen molar-refractivity contribution < 1.29 is 23.9 Å². The molecule has 1 aromatic heterocycles. The number of nitrogens with one attached hydrogen (secondary N) is 1. The van der Waals surface area contributed by atoms with E-state index in [0.29, 0.717) is 5.69 Å². The number of carbonyl (C=O) groups excluding carboxylic acids is 3. The molecular formula is C13H18N2O5S. The van der Waals surface area contributed by atoms with Gasteiger partial charge in [-0.3, -0.25) is 4.79 Å². The van der Waals surface area contributed by atoms with E-state index in [2.05, 4.69) is 10.3 Å². The number of amides is 1. The molecule has 0 aliphatic heterocycles. The summed E-state index contributed by atoms with van der Waals surface area (Å²) in [7, 11) is 0. The molecule has 0 aliphatic rings. The van der Waals surface area contributed by atoms with Crippen LogP contribution in [-0.2, 0) is 30.5 Å². The molecule has 1 aromatic rings. The van der Waals surface area contributed by atoms with Gasteiger partial charge in [0.05, 0.1) is 17.8 Å². The lowest BCUT2D eigenvalue weighted by atomic mass is 9.96. The van der Waals surface area contributed by atoms with Crippen molar-refractivity contribution in [2.24, 2.45) is 0 Å². The van der Waals surface area contributed by atoms with Crippen molar-refractivity contribution in [3.63, 3.8) is 0 Å². The van der Waals surface area contributed by atoms with Gasteiger partial charge in [-0.1, -0.05) is 6.92 Å². The molecule has 0 spiro atoms. The van der Waals surface area contributed by atoms with Gasteiger partial charge in [0.2, 0.25) is 11.4 Å². The van der Waals surface area contributed by atoms with E-state index >= 15 is 0 Å². The molecule has 1 heterocycles. The van der Waals surface area contributed by atoms with Crippen LogP contribution in [0.25, 0.3) is 0 Å². The first-order valence-electron chi connectivity index (χ1n) is 6.46. The molecule has 1 amide bonds. The number of esters is 2. The minimum atomic E-state index is -1.82. The van der Waals surface area contributed by atoms with E-state index in [1.165, 1.54) is 18.3 Å². The fourth-order valence-electron chi connectivity index (χ4n) is 1.69. The van der Waals surface area contributed by atoms with E-state index in [1.807, 2.05) is 0 Å². The topological polar surface area (TPSA) is 94.6 Å². The average Bonchev–Trinajstić information content (AvgIpc) is 2.95. The Balaban J connectivity index is 2.89. The van der Waals surface area contributed by atoms with Crippen LogP contribution in [0, 0.1) is 0 Å². The van der Waals surface area contributed by atoms with Gasteiger partial charge >= 0.3 is 11.9 Å². The molecule has 0 aromatic carbocycles. The van der Waals surface area contributed by atoms with Gasteiger partial charge in [-0.15, -0.1) is 11.3 Å². The molecule has 0 bridgehead atoms. The number of hydrogen-bond donors (Lipinski definition) is 1. The monoisotopic (exact) mass is 314 g/mol. The van der Waals surface area contributed by atoms with Crippen LogP contribution in [0.1, 0.15) is 32.9 Å². The smallest absolute Gasteiger partial charge is 0.344 e. The summed E-state index contributed by atoms with van der Waals surface area (Å²) in [6, 6.07) is 0. The van der Waals surface area contributed by atoms with Crippen LogP contribution in [-0.4, -0.2) is 35.0 Å². The third-order valence-corrected chi connectivity index (χ3v) is 3.36. The second-order valence-corrected chi connectivity index (χ2v) is 4.94. The minimum Gasteiger partial charge on any atom is -0.464 e. The summed E-state index contributed by atoms with van der Waals surface area (Å²) in [4.78, 5) is 39.7. The van der Waals surface area contributed by atoms with Crippen molar-refractivity contribution in [2.45, 2.75) is 39.3 Å². The number of thiazole rings is 1. The fourth-order valence-corrected chi connectivity index (χ4v) is 2.23. The number of aromatic nitrogens is 1. The van der Waals surface area contributed by atoms with Crippen molar-refractivity contribution in [3.8, 4) is 0 Å².